The Morgan fingerprint density at radius 3 is 2.23 bits per heavy atom. The molecule has 0 spiro atoms. The van der Waals surface area contributed by atoms with Crippen LogP contribution in [0, 0.1) is 20.2 Å². The minimum Gasteiger partial charge on any atom is -0.451 e. The van der Waals surface area contributed by atoms with Gasteiger partial charge in [0.25, 0.3) is 17.3 Å². The van der Waals surface area contributed by atoms with Crippen LogP contribution in [-0.4, -0.2) is 15.8 Å². The third kappa shape index (κ3) is 3.56. The zero-order chi connectivity index (χ0) is 18.7. The van der Waals surface area contributed by atoms with E-state index in [2.05, 4.69) is 5.32 Å². The monoisotopic (exact) mass is 353 g/mol. The summed E-state index contributed by atoms with van der Waals surface area (Å²) in [7, 11) is 0. The van der Waals surface area contributed by atoms with Crippen LogP contribution in [0.15, 0.2) is 65.1 Å². The van der Waals surface area contributed by atoms with E-state index in [0.717, 1.165) is 0 Å². The highest BCUT2D eigenvalue weighted by molar-refractivity contribution is 6.02. The molecule has 0 saturated carbocycles. The van der Waals surface area contributed by atoms with Crippen molar-refractivity contribution in [3.63, 3.8) is 0 Å². The smallest absolute Gasteiger partial charge is 0.291 e. The summed E-state index contributed by atoms with van der Waals surface area (Å²) in [6, 6.07) is 14.2. The van der Waals surface area contributed by atoms with Gasteiger partial charge >= 0.3 is 0 Å². The predicted molar refractivity (Wildman–Crippen MR) is 91.8 cm³/mol. The molecule has 0 bridgehead atoms. The summed E-state index contributed by atoms with van der Waals surface area (Å²) in [5.74, 6) is -0.233. The largest absolute Gasteiger partial charge is 0.451 e. The molecule has 3 rings (SSSR count). The number of nitrogens with one attached hydrogen (secondary N) is 1. The SMILES string of the molecule is O=C(Nc1ccc([N+](=O)[O-])cc1)c1ccc(-c2cccc([N+](=O)[O-])c2)o1. The molecule has 1 N–H and O–H groups in total. The molecule has 0 radical (unpaired) electrons. The number of non-ortho nitro benzene ring substituents is 2. The van der Waals surface area contributed by atoms with E-state index >= 15 is 0 Å². The van der Waals surface area contributed by atoms with E-state index < -0.39 is 15.8 Å². The van der Waals surface area contributed by atoms with Crippen molar-refractivity contribution in [1.29, 1.82) is 0 Å². The first-order valence-electron chi connectivity index (χ1n) is 7.34. The molecule has 1 amide bonds. The van der Waals surface area contributed by atoms with Crippen LogP contribution in [0.4, 0.5) is 17.1 Å². The highest BCUT2D eigenvalue weighted by Crippen LogP contribution is 2.26. The van der Waals surface area contributed by atoms with Gasteiger partial charge in [-0.1, -0.05) is 12.1 Å². The Hall–Kier alpha value is -4.01. The summed E-state index contributed by atoms with van der Waals surface area (Å²) < 4.78 is 5.46. The Kier molecular flexibility index (Phi) is 4.44. The van der Waals surface area contributed by atoms with Crippen molar-refractivity contribution in [2.24, 2.45) is 0 Å². The van der Waals surface area contributed by atoms with Crippen LogP contribution >= 0.6 is 0 Å². The minimum atomic E-state index is -0.546. The predicted octanol–water partition coefficient (Wildman–Crippen LogP) is 4.02. The summed E-state index contributed by atoms with van der Waals surface area (Å²) in [5.41, 5.74) is 0.659. The number of amides is 1. The van der Waals surface area contributed by atoms with E-state index in [-0.39, 0.29) is 17.1 Å². The molecule has 1 aromatic heterocycles. The van der Waals surface area contributed by atoms with E-state index in [1.54, 1.807) is 6.07 Å². The average molecular weight is 353 g/mol. The molecule has 0 atom stereocenters. The number of nitro benzene ring substituents is 2. The maximum Gasteiger partial charge on any atom is 0.291 e. The molecule has 1 heterocycles. The number of nitro groups is 2. The summed E-state index contributed by atoms with van der Waals surface area (Å²) in [4.78, 5) is 32.6. The van der Waals surface area contributed by atoms with E-state index in [1.807, 2.05) is 0 Å². The van der Waals surface area contributed by atoms with E-state index in [0.29, 0.717) is 17.0 Å². The van der Waals surface area contributed by atoms with Crippen molar-refractivity contribution < 1.29 is 19.1 Å². The highest BCUT2D eigenvalue weighted by Gasteiger charge is 2.15. The Balaban J connectivity index is 1.76. The summed E-state index contributed by atoms with van der Waals surface area (Å²) in [6.45, 7) is 0. The van der Waals surface area contributed by atoms with Gasteiger partial charge in [-0.25, -0.2) is 0 Å². The fraction of sp³-hybridized carbons (Fsp3) is 0. The summed E-state index contributed by atoms with van der Waals surface area (Å²) in [5, 5.41) is 24.0. The molecule has 0 fully saturated rings. The molecule has 130 valence electrons. The van der Waals surface area contributed by atoms with Gasteiger partial charge < -0.3 is 9.73 Å². The van der Waals surface area contributed by atoms with Crippen LogP contribution in [0.25, 0.3) is 11.3 Å². The Morgan fingerprint density at radius 2 is 1.58 bits per heavy atom. The molecule has 0 saturated heterocycles. The average Bonchev–Trinajstić information content (AvgIpc) is 3.12. The van der Waals surface area contributed by atoms with Crippen molar-refractivity contribution in [3.05, 3.63) is 86.7 Å². The first kappa shape index (κ1) is 16.8. The quantitative estimate of drug-likeness (QED) is 0.545. The normalized spacial score (nSPS) is 10.3. The number of benzene rings is 2. The molecular weight excluding hydrogens is 342 g/mol. The van der Waals surface area contributed by atoms with Crippen LogP contribution < -0.4 is 5.32 Å². The first-order valence-corrected chi connectivity index (χ1v) is 7.34. The number of hydrogen-bond acceptors (Lipinski definition) is 6. The molecule has 0 unspecified atom stereocenters. The maximum atomic E-state index is 12.2. The molecule has 0 aliphatic rings. The van der Waals surface area contributed by atoms with Gasteiger partial charge in [-0.15, -0.1) is 0 Å². The lowest BCUT2D eigenvalue weighted by Gasteiger charge is -2.02. The number of hydrogen-bond donors (Lipinski definition) is 1. The van der Waals surface area contributed by atoms with Gasteiger partial charge in [-0.2, -0.15) is 0 Å². The van der Waals surface area contributed by atoms with E-state index in [1.165, 1.54) is 54.6 Å². The van der Waals surface area contributed by atoms with Gasteiger partial charge in [0.15, 0.2) is 5.76 Å². The van der Waals surface area contributed by atoms with Gasteiger partial charge in [-0.3, -0.25) is 25.0 Å². The standard InChI is InChI=1S/C17H11N3O6/c21-17(18-12-4-6-13(7-5-12)19(22)23)16-9-8-15(26-16)11-2-1-3-14(10-11)20(24)25/h1-10H,(H,18,21). The third-order valence-electron chi connectivity index (χ3n) is 3.51. The van der Waals surface area contributed by atoms with Crippen molar-refractivity contribution in [1.82, 2.24) is 0 Å². The maximum absolute atomic E-state index is 12.2. The lowest BCUT2D eigenvalue weighted by atomic mass is 10.1. The van der Waals surface area contributed by atoms with Crippen molar-refractivity contribution in [3.8, 4) is 11.3 Å². The Labute approximate surface area is 146 Å². The number of anilines is 1. The molecule has 9 nitrogen and oxygen atoms in total. The van der Waals surface area contributed by atoms with Gasteiger partial charge in [0.05, 0.1) is 9.85 Å². The van der Waals surface area contributed by atoms with Gasteiger partial charge in [0, 0.05) is 35.5 Å². The van der Waals surface area contributed by atoms with E-state index in [4.69, 9.17) is 4.42 Å². The van der Waals surface area contributed by atoms with Crippen LogP contribution in [-0.2, 0) is 0 Å². The highest BCUT2D eigenvalue weighted by atomic mass is 16.6. The van der Waals surface area contributed by atoms with Crippen LogP contribution in [0.1, 0.15) is 10.6 Å². The molecule has 3 aromatic rings. The second-order valence-electron chi connectivity index (χ2n) is 5.23. The molecule has 2 aromatic carbocycles. The van der Waals surface area contributed by atoms with Crippen LogP contribution in [0.3, 0.4) is 0 Å². The minimum absolute atomic E-state index is 0.00450. The van der Waals surface area contributed by atoms with Gasteiger partial charge in [0.1, 0.15) is 5.76 Å². The topological polar surface area (TPSA) is 129 Å². The Bertz CT molecular complexity index is 994. The number of carbonyl (C=O) groups excluding carboxylic acids is 1. The lowest BCUT2D eigenvalue weighted by Crippen LogP contribution is -2.10. The number of carbonyl (C=O) groups is 1. The zero-order valence-corrected chi connectivity index (χ0v) is 13.1. The van der Waals surface area contributed by atoms with Crippen molar-refractivity contribution >= 4 is 23.0 Å². The Morgan fingerprint density at radius 1 is 0.885 bits per heavy atom. The molecule has 9 heteroatoms. The van der Waals surface area contributed by atoms with Gasteiger partial charge in [0.2, 0.25) is 0 Å². The second kappa shape index (κ2) is 6.85. The van der Waals surface area contributed by atoms with Gasteiger partial charge in [-0.05, 0) is 24.3 Å². The first-order chi connectivity index (χ1) is 12.4. The second-order valence-corrected chi connectivity index (χ2v) is 5.23. The molecular formula is C17H11N3O6. The molecule has 0 aliphatic carbocycles. The number of furan rings is 1. The number of nitrogens with zero attached hydrogens (tertiary/aromatic N) is 2. The van der Waals surface area contributed by atoms with E-state index in [9.17, 15) is 25.0 Å². The molecule has 0 aliphatic heterocycles. The van der Waals surface area contributed by atoms with Crippen LogP contribution in [0.5, 0.6) is 0 Å². The van der Waals surface area contributed by atoms with Crippen molar-refractivity contribution in [2.75, 3.05) is 5.32 Å². The fourth-order valence-corrected chi connectivity index (χ4v) is 2.25. The summed E-state index contributed by atoms with van der Waals surface area (Å²) >= 11 is 0. The zero-order valence-electron chi connectivity index (χ0n) is 13.1. The lowest BCUT2D eigenvalue weighted by molar-refractivity contribution is -0.385. The van der Waals surface area contributed by atoms with Crippen LogP contribution in [0.2, 0.25) is 0 Å². The number of rotatable bonds is 5. The molecule has 26 heavy (non-hydrogen) atoms. The third-order valence-corrected chi connectivity index (χ3v) is 3.51. The van der Waals surface area contributed by atoms with Crippen molar-refractivity contribution in [2.45, 2.75) is 0 Å². The summed E-state index contributed by atoms with van der Waals surface area (Å²) in [6.07, 6.45) is 0. The fourth-order valence-electron chi connectivity index (χ4n) is 2.25.